The van der Waals surface area contributed by atoms with E-state index >= 15 is 0 Å². The number of pyridine rings is 1. The lowest BCUT2D eigenvalue weighted by Crippen LogP contribution is -2.38. The number of benzene rings is 1. The van der Waals surface area contributed by atoms with Crippen molar-refractivity contribution in [3.05, 3.63) is 59.8 Å². The third-order valence-corrected chi connectivity index (χ3v) is 5.16. The lowest BCUT2D eigenvalue weighted by Gasteiger charge is -2.19. The Kier molecular flexibility index (Phi) is 4.74. The van der Waals surface area contributed by atoms with Crippen LogP contribution in [-0.2, 0) is 11.2 Å². The largest absolute Gasteiger partial charge is 0.487 e. The van der Waals surface area contributed by atoms with Gasteiger partial charge in [0, 0.05) is 24.1 Å². The molecule has 1 aliphatic heterocycles. The Hall–Kier alpha value is -2.62. The van der Waals surface area contributed by atoms with Crippen LogP contribution in [0.2, 0.25) is 0 Å². The maximum atomic E-state index is 12.3. The van der Waals surface area contributed by atoms with Crippen molar-refractivity contribution in [1.82, 2.24) is 10.3 Å². The molecule has 2 atom stereocenters. The number of amides is 1. The van der Waals surface area contributed by atoms with Crippen molar-refractivity contribution in [2.75, 3.05) is 6.54 Å². The quantitative estimate of drug-likeness (QED) is 0.854. The van der Waals surface area contributed by atoms with E-state index in [9.17, 15) is 4.79 Å². The van der Waals surface area contributed by atoms with E-state index in [-0.39, 0.29) is 17.9 Å². The Labute approximate surface area is 154 Å². The molecule has 1 amide bonds. The van der Waals surface area contributed by atoms with E-state index in [0.717, 1.165) is 48.3 Å². The van der Waals surface area contributed by atoms with E-state index in [0.29, 0.717) is 6.54 Å². The highest BCUT2D eigenvalue weighted by atomic mass is 16.5. The molecular weight excluding hydrogens is 324 g/mol. The van der Waals surface area contributed by atoms with Gasteiger partial charge in [-0.2, -0.15) is 0 Å². The Morgan fingerprint density at radius 1 is 1.27 bits per heavy atom. The summed E-state index contributed by atoms with van der Waals surface area (Å²) in [6, 6.07) is 10.3. The SMILES string of the molecule is Cc1ccc(-c2cccc3c2O[C@H](CNC(=O)[C@H]2CC=CCC2)C3)nc1. The summed E-state index contributed by atoms with van der Waals surface area (Å²) in [5.74, 6) is 1.16. The highest BCUT2D eigenvalue weighted by molar-refractivity contribution is 5.79. The normalized spacial score (nSPS) is 21.1. The van der Waals surface area contributed by atoms with Crippen LogP contribution in [0.1, 0.15) is 30.4 Å². The number of hydrogen-bond acceptors (Lipinski definition) is 3. The number of nitrogens with one attached hydrogen (secondary N) is 1. The van der Waals surface area contributed by atoms with Gasteiger partial charge in [-0.25, -0.2) is 0 Å². The minimum atomic E-state index is -0.0142. The molecule has 0 bridgehead atoms. The number of hydrogen-bond donors (Lipinski definition) is 1. The second-order valence-electron chi connectivity index (χ2n) is 7.19. The van der Waals surface area contributed by atoms with Gasteiger partial charge in [0.1, 0.15) is 11.9 Å². The molecule has 1 aromatic carbocycles. The van der Waals surface area contributed by atoms with Gasteiger partial charge in [-0.15, -0.1) is 0 Å². The number of rotatable bonds is 4. The van der Waals surface area contributed by atoms with Gasteiger partial charge in [-0.3, -0.25) is 9.78 Å². The molecule has 4 heteroatoms. The van der Waals surface area contributed by atoms with Gasteiger partial charge in [0.2, 0.25) is 5.91 Å². The molecule has 0 fully saturated rings. The van der Waals surface area contributed by atoms with Gasteiger partial charge in [-0.05, 0) is 49.4 Å². The summed E-state index contributed by atoms with van der Waals surface area (Å²) in [4.78, 5) is 16.9. The van der Waals surface area contributed by atoms with Crippen molar-refractivity contribution in [2.45, 2.75) is 38.7 Å². The fourth-order valence-corrected chi connectivity index (χ4v) is 3.67. The first-order chi connectivity index (χ1) is 12.7. The Balaban J connectivity index is 1.42. The van der Waals surface area contributed by atoms with Crippen molar-refractivity contribution in [2.24, 2.45) is 5.92 Å². The van der Waals surface area contributed by atoms with E-state index in [1.165, 1.54) is 5.56 Å². The number of para-hydroxylation sites is 1. The molecule has 0 spiro atoms. The Morgan fingerprint density at radius 2 is 2.19 bits per heavy atom. The average molecular weight is 348 g/mol. The maximum Gasteiger partial charge on any atom is 0.223 e. The molecule has 1 aromatic heterocycles. The van der Waals surface area contributed by atoms with Gasteiger partial charge in [0.25, 0.3) is 0 Å². The second-order valence-corrected chi connectivity index (χ2v) is 7.19. The van der Waals surface area contributed by atoms with Crippen molar-refractivity contribution >= 4 is 5.91 Å². The summed E-state index contributed by atoms with van der Waals surface area (Å²) in [5, 5.41) is 3.08. The van der Waals surface area contributed by atoms with E-state index in [1.807, 2.05) is 31.3 Å². The van der Waals surface area contributed by atoms with E-state index < -0.39 is 0 Å². The van der Waals surface area contributed by atoms with Crippen LogP contribution in [0.25, 0.3) is 11.3 Å². The molecule has 0 unspecified atom stereocenters. The summed E-state index contributed by atoms with van der Waals surface area (Å²) in [6.07, 6.45) is 9.73. The first-order valence-corrected chi connectivity index (χ1v) is 9.35. The van der Waals surface area contributed by atoms with Gasteiger partial charge in [0.05, 0.1) is 12.2 Å². The van der Waals surface area contributed by atoms with Crippen molar-refractivity contribution in [1.29, 1.82) is 0 Å². The zero-order chi connectivity index (χ0) is 17.9. The molecule has 134 valence electrons. The van der Waals surface area contributed by atoms with E-state index in [2.05, 4.69) is 34.6 Å². The average Bonchev–Trinajstić information content (AvgIpc) is 3.10. The monoisotopic (exact) mass is 348 g/mol. The zero-order valence-electron chi connectivity index (χ0n) is 15.1. The minimum absolute atomic E-state index is 0.0142. The molecule has 0 saturated carbocycles. The molecule has 1 N–H and O–H groups in total. The molecule has 2 heterocycles. The predicted octanol–water partition coefficient (Wildman–Crippen LogP) is 3.83. The summed E-state index contributed by atoms with van der Waals surface area (Å²) < 4.78 is 6.19. The van der Waals surface area contributed by atoms with E-state index in [1.54, 1.807) is 0 Å². The minimum Gasteiger partial charge on any atom is -0.487 e. The molecular formula is C22H24N2O2. The second kappa shape index (κ2) is 7.32. The number of aromatic nitrogens is 1. The fourth-order valence-electron chi connectivity index (χ4n) is 3.67. The first kappa shape index (κ1) is 16.8. The van der Waals surface area contributed by atoms with Crippen LogP contribution < -0.4 is 10.1 Å². The zero-order valence-corrected chi connectivity index (χ0v) is 15.1. The maximum absolute atomic E-state index is 12.3. The van der Waals surface area contributed by atoms with E-state index in [4.69, 9.17) is 4.74 Å². The van der Waals surface area contributed by atoms with Gasteiger partial charge in [-0.1, -0.05) is 30.4 Å². The van der Waals surface area contributed by atoms with Crippen LogP contribution >= 0.6 is 0 Å². The molecule has 26 heavy (non-hydrogen) atoms. The third kappa shape index (κ3) is 3.50. The van der Waals surface area contributed by atoms with Crippen LogP contribution in [0, 0.1) is 12.8 Å². The van der Waals surface area contributed by atoms with Crippen LogP contribution in [0.3, 0.4) is 0 Å². The summed E-state index contributed by atoms with van der Waals surface area (Å²) in [6.45, 7) is 2.58. The van der Waals surface area contributed by atoms with Crippen molar-refractivity contribution in [3.8, 4) is 17.0 Å². The smallest absolute Gasteiger partial charge is 0.223 e. The molecule has 2 aromatic rings. The highest BCUT2D eigenvalue weighted by Gasteiger charge is 2.27. The molecule has 1 aliphatic carbocycles. The standard InChI is InChI=1S/C22H24N2O2/c1-15-10-11-20(23-13-15)19-9-5-8-17-12-18(26-21(17)19)14-24-22(25)16-6-3-2-4-7-16/h2-3,5,8-11,13,16,18H,4,6-7,12,14H2,1H3,(H,24,25)/t16-,18-/m0/s1. The summed E-state index contributed by atoms with van der Waals surface area (Å²) in [7, 11) is 0. The molecule has 4 nitrogen and oxygen atoms in total. The number of carbonyl (C=O) groups excluding carboxylic acids is 1. The van der Waals surface area contributed by atoms with Crippen LogP contribution in [0.4, 0.5) is 0 Å². The number of aryl methyl sites for hydroxylation is 1. The highest BCUT2D eigenvalue weighted by Crippen LogP contribution is 2.37. The fraction of sp³-hybridized carbons (Fsp3) is 0.364. The lowest BCUT2D eigenvalue weighted by atomic mass is 9.93. The number of carbonyl (C=O) groups is 1. The molecule has 4 rings (SSSR count). The Bertz CT molecular complexity index is 827. The van der Waals surface area contributed by atoms with Gasteiger partial charge < -0.3 is 10.1 Å². The number of fused-ring (bicyclic) bond motifs is 1. The molecule has 0 radical (unpaired) electrons. The van der Waals surface area contributed by atoms with Crippen LogP contribution in [0.5, 0.6) is 5.75 Å². The number of ether oxygens (including phenoxy) is 1. The summed E-state index contributed by atoms with van der Waals surface area (Å²) in [5.41, 5.74) is 4.27. The van der Waals surface area contributed by atoms with Crippen molar-refractivity contribution < 1.29 is 9.53 Å². The predicted molar refractivity (Wildman–Crippen MR) is 102 cm³/mol. The van der Waals surface area contributed by atoms with Crippen molar-refractivity contribution in [3.63, 3.8) is 0 Å². The van der Waals surface area contributed by atoms with Gasteiger partial charge in [0.15, 0.2) is 0 Å². The van der Waals surface area contributed by atoms with Gasteiger partial charge >= 0.3 is 0 Å². The van der Waals surface area contributed by atoms with Crippen LogP contribution in [0.15, 0.2) is 48.7 Å². The lowest BCUT2D eigenvalue weighted by molar-refractivity contribution is -0.125. The summed E-state index contributed by atoms with van der Waals surface area (Å²) >= 11 is 0. The molecule has 0 saturated heterocycles. The number of allylic oxidation sites excluding steroid dienone is 2. The Morgan fingerprint density at radius 3 is 2.96 bits per heavy atom. The van der Waals surface area contributed by atoms with Crippen LogP contribution in [-0.4, -0.2) is 23.5 Å². The third-order valence-electron chi connectivity index (χ3n) is 5.16. The first-order valence-electron chi connectivity index (χ1n) is 9.35. The number of nitrogens with zero attached hydrogens (tertiary/aromatic N) is 1. The molecule has 2 aliphatic rings. The topological polar surface area (TPSA) is 51.2 Å².